The molecule has 0 spiro atoms. The van der Waals surface area contributed by atoms with Crippen molar-refractivity contribution >= 4 is 11.4 Å². The van der Waals surface area contributed by atoms with Gasteiger partial charge in [-0.25, -0.2) is 0 Å². The van der Waals surface area contributed by atoms with E-state index < -0.39 is 0 Å². The molecule has 0 unspecified atom stereocenters. The average molecular weight is 367 g/mol. The SMILES string of the molecule is NCc1ccccc1N1CCN(CCCCN2COc3ccccc32)CC1. The number of hydrogen-bond donors (Lipinski definition) is 1. The van der Waals surface area contributed by atoms with E-state index in [0.717, 1.165) is 38.5 Å². The van der Waals surface area contributed by atoms with Crippen LogP contribution in [-0.2, 0) is 6.54 Å². The quantitative estimate of drug-likeness (QED) is 0.764. The maximum atomic E-state index is 5.90. The van der Waals surface area contributed by atoms with E-state index in [4.69, 9.17) is 10.5 Å². The molecular weight excluding hydrogens is 336 g/mol. The van der Waals surface area contributed by atoms with Gasteiger partial charge in [0.1, 0.15) is 5.75 Å². The van der Waals surface area contributed by atoms with Crippen molar-refractivity contribution in [2.24, 2.45) is 5.73 Å². The molecule has 0 amide bonds. The largest absolute Gasteiger partial charge is 0.471 e. The first-order valence-electron chi connectivity index (χ1n) is 10.1. The number of nitrogens with zero attached hydrogens (tertiary/aromatic N) is 3. The molecule has 2 aromatic carbocycles. The zero-order valence-electron chi connectivity index (χ0n) is 16.0. The third-order valence-corrected chi connectivity index (χ3v) is 5.66. The summed E-state index contributed by atoms with van der Waals surface area (Å²) in [5.41, 5.74) is 9.70. The summed E-state index contributed by atoms with van der Waals surface area (Å²) in [5, 5.41) is 0. The van der Waals surface area contributed by atoms with Crippen LogP contribution in [-0.4, -0.2) is 50.9 Å². The summed E-state index contributed by atoms with van der Waals surface area (Å²) in [6.07, 6.45) is 2.44. The van der Waals surface area contributed by atoms with Crippen molar-refractivity contribution in [1.82, 2.24) is 4.90 Å². The van der Waals surface area contributed by atoms with Crippen LogP contribution in [0.1, 0.15) is 18.4 Å². The molecule has 5 heteroatoms. The Morgan fingerprint density at radius 2 is 1.52 bits per heavy atom. The summed E-state index contributed by atoms with van der Waals surface area (Å²) in [5.74, 6) is 1.02. The van der Waals surface area contributed by atoms with Crippen LogP contribution < -0.4 is 20.3 Å². The lowest BCUT2D eigenvalue weighted by Gasteiger charge is -2.37. The minimum Gasteiger partial charge on any atom is -0.471 e. The predicted octanol–water partition coefficient (Wildman–Crippen LogP) is 2.90. The lowest BCUT2D eigenvalue weighted by molar-refractivity contribution is 0.252. The van der Waals surface area contributed by atoms with Gasteiger partial charge in [0.2, 0.25) is 0 Å². The normalized spacial score (nSPS) is 17.1. The number of rotatable bonds is 7. The summed E-state index contributed by atoms with van der Waals surface area (Å²) in [6.45, 7) is 8.00. The molecule has 2 aliphatic rings. The molecule has 0 aliphatic carbocycles. The van der Waals surface area contributed by atoms with Gasteiger partial charge in [-0.1, -0.05) is 30.3 Å². The second-order valence-corrected chi connectivity index (χ2v) is 7.37. The zero-order chi connectivity index (χ0) is 18.5. The van der Waals surface area contributed by atoms with Crippen molar-refractivity contribution in [3.63, 3.8) is 0 Å². The monoisotopic (exact) mass is 366 g/mol. The highest BCUT2D eigenvalue weighted by Crippen LogP contribution is 2.33. The van der Waals surface area contributed by atoms with E-state index in [1.807, 2.05) is 6.07 Å². The van der Waals surface area contributed by atoms with Crippen LogP contribution in [0.2, 0.25) is 0 Å². The van der Waals surface area contributed by atoms with E-state index in [1.165, 1.54) is 36.3 Å². The molecule has 2 aliphatic heterocycles. The highest BCUT2D eigenvalue weighted by atomic mass is 16.5. The van der Waals surface area contributed by atoms with Crippen LogP contribution >= 0.6 is 0 Å². The first-order chi connectivity index (χ1) is 13.3. The lowest BCUT2D eigenvalue weighted by Crippen LogP contribution is -2.47. The summed E-state index contributed by atoms with van der Waals surface area (Å²) >= 11 is 0. The molecule has 0 atom stereocenters. The summed E-state index contributed by atoms with van der Waals surface area (Å²) in [6, 6.07) is 16.9. The minimum absolute atomic E-state index is 0.611. The second-order valence-electron chi connectivity index (χ2n) is 7.37. The third kappa shape index (κ3) is 4.20. The van der Waals surface area contributed by atoms with Gasteiger partial charge in [-0.15, -0.1) is 0 Å². The topological polar surface area (TPSA) is 45.0 Å². The van der Waals surface area contributed by atoms with Crippen LogP contribution in [0.5, 0.6) is 5.75 Å². The Kier molecular flexibility index (Phi) is 5.80. The van der Waals surface area contributed by atoms with Crippen LogP contribution in [0.25, 0.3) is 0 Å². The molecule has 5 nitrogen and oxygen atoms in total. The van der Waals surface area contributed by atoms with Crippen LogP contribution in [0.15, 0.2) is 48.5 Å². The predicted molar refractivity (Wildman–Crippen MR) is 112 cm³/mol. The minimum atomic E-state index is 0.611. The fourth-order valence-corrected chi connectivity index (χ4v) is 4.08. The van der Waals surface area contributed by atoms with Crippen LogP contribution in [0.4, 0.5) is 11.4 Å². The Morgan fingerprint density at radius 1 is 0.815 bits per heavy atom. The van der Waals surface area contributed by atoms with Crippen molar-refractivity contribution < 1.29 is 4.74 Å². The smallest absolute Gasteiger partial charge is 0.161 e. The molecule has 2 aromatic rings. The van der Waals surface area contributed by atoms with Gasteiger partial charge in [-0.2, -0.15) is 0 Å². The van der Waals surface area contributed by atoms with Gasteiger partial charge < -0.3 is 20.3 Å². The van der Waals surface area contributed by atoms with Crippen LogP contribution in [0.3, 0.4) is 0 Å². The van der Waals surface area contributed by atoms with Gasteiger partial charge in [0.25, 0.3) is 0 Å². The highest BCUT2D eigenvalue weighted by molar-refractivity contribution is 5.60. The molecule has 144 valence electrons. The number of hydrogen-bond acceptors (Lipinski definition) is 5. The van der Waals surface area contributed by atoms with Gasteiger partial charge in [0.05, 0.1) is 5.69 Å². The number of para-hydroxylation sites is 3. The van der Waals surface area contributed by atoms with E-state index in [1.54, 1.807) is 0 Å². The van der Waals surface area contributed by atoms with E-state index in [9.17, 15) is 0 Å². The van der Waals surface area contributed by atoms with Crippen molar-refractivity contribution in [3.05, 3.63) is 54.1 Å². The zero-order valence-corrected chi connectivity index (χ0v) is 16.0. The van der Waals surface area contributed by atoms with Gasteiger partial charge in [-0.3, -0.25) is 4.90 Å². The number of anilines is 2. The standard InChI is InChI=1S/C22H30N4O/c23-17-19-7-1-2-8-20(19)25-15-13-24(14-16-25)11-5-6-12-26-18-27-22-10-4-3-9-21(22)26/h1-4,7-10H,5-6,11-18,23H2. The Labute approximate surface area is 162 Å². The third-order valence-electron chi connectivity index (χ3n) is 5.66. The fraction of sp³-hybridized carbons (Fsp3) is 0.455. The Bertz CT molecular complexity index is 743. The fourth-order valence-electron chi connectivity index (χ4n) is 4.08. The second kappa shape index (κ2) is 8.63. The molecule has 0 aromatic heterocycles. The first kappa shape index (κ1) is 18.1. The molecule has 0 saturated carbocycles. The van der Waals surface area contributed by atoms with Gasteiger partial charge in [0, 0.05) is 45.0 Å². The number of fused-ring (bicyclic) bond motifs is 1. The molecule has 2 heterocycles. The van der Waals surface area contributed by atoms with Crippen molar-refractivity contribution in [2.45, 2.75) is 19.4 Å². The number of piperazine rings is 1. The summed E-state index contributed by atoms with van der Waals surface area (Å²) < 4.78 is 5.73. The summed E-state index contributed by atoms with van der Waals surface area (Å²) in [7, 11) is 0. The Balaban J connectivity index is 1.18. The molecule has 4 rings (SSSR count). The van der Waals surface area contributed by atoms with Crippen LogP contribution in [0, 0.1) is 0 Å². The van der Waals surface area contributed by atoms with Gasteiger partial charge >= 0.3 is 0 Å². The van der Waals surface area contributed by atoms with Gasteiger partial charge in [0.15, 0.2) is 6.73 Å². The molecule has 2 N–H and O–H groups in total. The van der Waals surface area contributed by atoms with E-state index in [0.29, 0.717) is 13.3 Å². The number of ether oxygens (including phenoxy) is 1. The highest BCUT2D eigenvalue weighted by Gasteiger charge is 2.20. The van der Waals surface area contributed by atoms with E-state index in [-0.39, 0.29) is 0 Å². The average Bonchev–Trinajstić information content (AvgIpc) is 3.15. The number of benzene rings is 2. The molecule has 0 radical (unpaired) electrons. The number of unbranched alkanes of at least 4 members (excludes halogenated alkanes) is 1. The van der Waals surface area contributed by atoms with Crippen molar-refractivity contribution in [3.8, 4) is 5.75 Å². The lowest BCUT2D eigenvalue weighted by atomic mass is 10.1. The maximum absolute atomic E-state index is 5.90. The summed E-state index contributed by atoms with van der Waals surface area (Å²) in [4.78, 5) is 7.42. The molecule has 27 heavy (non-hydrogen) atoms. The molecule has 1 saturated heterocycles. The van der Waals surface area contributed by atoms with Crippen molar-refractivity contribution in [1.29, 1.82) is 0 Å². The Morgan fingerprint density at radius 3 is 2.33 bits per heavy atom. The van der Waals surface area contributed by atoms with E-state index >= 15 is 0 Å². The van der Waals surface area contributed by atoms with Gasteiger partial charge in [-0.05, 0) is 43.1 Å². The molecule has 1 fully saturated rings. The maximum Gasteiger partial charge on any atom is 0.161 e. The Hall–Kier alpha value is -2.24. The molecule has 0 bridgehead atoms. The van der Waals surface area contributed by atoms with E-state index in [2.05, 4.69) is 57.2 Å². The number of nitrogens with two attached hydrogens (primary N) is 1. The first-order valence-corrected chi connectivity index (χ1v) is 10.1. The molecular formula is C22H30N4O. The van der Waals surface area contributed by atoms with Crippen molar-refractivity contribution in [2.75, 3.05) is 55.8 Å².